The molecule has 0 unspecified atom stereocenters. The average Bonchev–Trinajstić information content (AvgIpc) is 3.20. The second kappa shape index (κ2) is 9.26. The highest BCUT2D eigenvalue weighted by Crippen LogP contribution is 2.24. The van der Waals surface area contributed by atoms with Crippen LogP contribution in [-0.2, 0) is 11.3 Å². The molecule has 0 atom stereocenters. The third-order valence-electron chi connectivity index (χ3n) is 4.38. The van der Waals surface area contributed by atoms with Gasteiger partial charge in [-0.25, -0.2) is 0 Å². The zero-order valence-electron chi connectivity index (χ0n) is 16.2. The van der Waals surface area contributed by atoms with Gasteiger partial charge in [-0.3, -0.25) is 9.59 Å². The van der Waals surface area contributed by atoms with Gasteiger partial charge in [0.25, 0.3) is 5.91 Å². The van der Waals surface area contributed by atoms with Crippen LogP contribution >= 0.6 is 11.6 Å². The minimum atomic E-state index is -0.148. The van der Waals surface area contributed by atoms with Gasteiger partial charge in [0.15, 0.2) is 0 Å². The second-order valence-corrected chi connectivity index (χ2v) is 6.94. The number of nitrogens with zero attached hydrogens (tertiary/aromatic N) is 1. The van der Waals surface area contributed by atoms with E-state index in [9.17, 15) is 9.59 Å². The van der Waals surface area contributed by atoms with Crippen molar-refractivity contribution in [2.75, 3.05) is 14.1 Å². The van der Waals surface area contributed by atoms with Gasteiger partial charge in [-0.2, -0.15) is 0 Å². The number of hydrogen-bond donors (Lipinski definition) is 1. The van der Waals surface area contributed by atoms with E-state index in [2.05, 4.69) is 5.32 Å². The summed E-state index contributed by atoms with van der Waals surface area (Å²) in [6.45, 7) is 0.354. The monoisotopic (exact) mass is 408 g/mol. The van der Waals surface area contributed by atoms with Gasteiger partial charge in [-0.05, 0) is 60.2 Å². The zero-order chi connectivity index (χ0) is 20.8. The molecule has 2 aromatic carbocycles. The Hall–Kier alpha value is -3.31. The van der Waals surface area contributed by atoms with E-state index >= 15 is 0 Å². The Morgan fingerprint density at radius 3 is 2.38 bits per heavy atom. The summed E-state index contributed by atoms with van der Waals surface area (Å²) in [5.74, 6) is 1.12. The van der Waals surface area contributed by atoms with Crippen molar-refractivity contribution in [3.63, 3.8) is 0 Å². The van der Waals surface area contributed by atoms with Gasteiger partial charge in [-0.15, -0.1) is 0 Å². The minimum Gasteiger partial charge on any atom is -0.459 e. The molecule has 0 saturated heterocycles. The Morgan fingerprint density at radius 2 is 1.72 bits per heavy atom. The molecule has 1 N–H and O–H groups in total. The van der Waals surface area contributed by atoms with E-state index in [1.54, 1.807) is 61.5 Å². The van der Waals surface area contributed by atoms with Crippen LogP contribution in [0.1, 0.15) is 21.7 Å². The SMILES string of the molecule is CNC(=O)c1ccc(C=CC(=O)N(C)Cc2ccc(-c3ccc(Cl)cc3)o2)cc1. The zero-order valence-corrected chi connectivity index (χ0v) is 16.9. The van der Waals surface area contributed by atoms with E-state index in [0.717, 1.165) is 16.9 Å². The fourth-order valence-corrected chi connectivity index (χ4v) is 2.85. The lowest BCUT2D eigenvalue weighted by molar-refractivity contribution is -0.125. The number of carbonyl (C=O) groups is 2. The molecule has 3 rings (SSSR count). The second-order valence-electron chi connectivity index (χ2n) is 6.50. The van der Waals surface area contributed by atoms with Crippen LogP contribution in [0.2, 0.25) is 5.02 Å². The average molecular weight is 409 g/mol. The predicted octanol–water partition coefficient (Wildman–Crippen LogP) is 4.63. The molecule has 0 saturated carbocycles. The molecule has 2 amide bonds. The van der Waals surface area contributed by atoms with Crippen molar-refractivity contribution in [2.24, 2.45) is 0 Å². The van der Waals surface area contributed by atoms with Crippen molar-refractivity contribution in [3.05, 3.63) is 88.6 Å². The number of carbonyl (C=O) groups excluding carboxylic acids is 2. The Morgan fingerprint density at radius 1 is 1.03 bits per heavy atom. The van der Waals surface area contributed by atoms with Gasteiger partial charge >= 0.3 is 0 Å². The van der Waals surface area contributed by atoms with Crippen LogP contribution in [0.25, 0.3) is 17.4 Å². The van der Waals surface area contributed by atoms with Gasteiger partial charge in [-0.1, -0.05) is 23.7 Å². The van der Waals surface area contributed by atoms with Crippen LogP contribution in [0.3, 0.4) is 0 Å². The molecule has 29 heavy (non-hydrogen) atoms. The maximum Gasteiger partial charge on any atom is 0.251 e. The summed E-state index contributed by atoms with van der Waals surface area (Å²) in [7, 11) is 3.30. The highest BCUT2D eigenvalue weighted by molar-refractivity contribution is 6.30. The molecule has 3 aromatic rings. The number of rotatable bonds is 6. The predicted molar refractivity (Wildman–Crippen MR) is 114 cm³/mol. The van der Waals surface area contributed by atoms with E-state index in [1.165, 1.54) is 6.08 Å². The van der Waals surface area contributed by atoms with Gasteiger partial charge in [0, 0.05) is 36.3 Å². The lowest BCUT2D eigenvalue weighted by Gasteiger charge is -2.13. The summed E-state index contributed by atoms with van der Waals surface area (Å²) >= 11 is 5.91. The number of nitrogens with one attached hydrogen (secondary N) is 1. The Balaban J connectivity index is 1.60. The molecule has 1 heterocycles. The van der Waals surface area contributed by atoms with Crippen molar-refractivity contribution >= 4 is 29.5 Å². The molecular formula is C23H21ClN2O3. The van der Waals surface area contributed by atoms with E-state index in [-0.39, 0.29) is 11.8 Å². The maximum atomic E-state index is 12.4. The first kappa shape index (κ1) is 20.4. The van der Waals surface area contributed by atoms with Crippen LogP contribution < -0.4 is 5.32 Å². The van der Waals surface area contributed by atoms with Crippen LogP contribution in [0, 0.1) is 0 Å². The maximum absolute atomic E-state index is 12.4. The number of likely N-dealkylation sites (N-methyl/N-ethyl adjacent to an activating group) is 1. The molecule has 0 aliphatic heterocycles. The quantitative estimate of drug-likeness (QED) is 0.605. The molecule has 0 aliphatic rings. The molecule has 0 bridgehead atoms. The van der Waals surface area contributed by atoms with Crippen LogP contribution in [0.5, 0.6) is 0 Å². The van der Waals surface area contributed by atoms with E-state index in [1.807, 2.05) is 24.3 Å². The lowest BCUT2D eigenvalue weighted by atomic mass is 10.1. The van der Waals surface area contributed by atoms with Crippen LogP contribution in [0.15, 0.2) is 71.2 Å². The molecule has 6 heteroatoms. The van der Waals surface area contributed by atoms with Gasteiger partial charge in [0.1, 0.15) is 11.5 Å². The summed E-state index contributed by atoms with van der Waals surface area (Å²) in [6, 6.07) is 18.1. The number of hydrogen-bond acceptors (Lipinski definition) is 3. The van der Waals surface area contributed by atoms with Crippen molar-refractivity contribution in [1.29, 1.82) is 0 Å². The largest absolute Gasteiger partial charge is 0.459 e. The van der Waals surface area contributed by atoms with Crippen LogP contribution in [0.4, 0.5) is 0 Å². The van der Waals surface area contributed by atoms with E-state index in [0.29, 0.717) is 22.9 Å². The van der Waals surface area contributed by atoms with E-state index in [4.69, 9.17) is 16.0 Å². The first-order valence-electron chi connectivity index (χ1n) is 9.06. The molecule has 148 valence electrons. The summed E-state index contributed by atoms with van der Waals surface area (Å²) in [5, 5.41) is 3.24. The van der Waals surface area contributed by atoms with Crippen molar-refractivity contribution < 1.29 is 14.0 Å². The summed E-state index contributed by atoms with van der Waals surface area (Å²) in [6.07, 6.45) is 3.21. The standard InChI is InChI=1S/C23H21ClN2O3/c1-25-23(28)18-6-3-16(4-7-18)5-14-22(27)26(2)15-20-12-13-21(29-20)17-8-10-19(24)11-9-17/h3-14H,15H2,1-2H3,(H,25,28). The van der Waals surface area contributed by atoms with Gasteiger partial charge in [0.05, 0.1) is 6.54 Å². The van der Waals surface area contributed by atoms with Crippen molar-refractivity contribution in [1.82, 2.24) is 10.2 Å². The van der Waals surface area contributed by atoms with E-state index < -0.39 is 0 Å². The molecule has 5 nitrogen and oxygen atoms in total. The summed E-state index contributed by atoms with van der Waals surface area (Å²) in [5.41, 5.74) is 2.33. The third kappa shape index (κ3) is 5.36. The lowest BCUT2D eigenvalue weighted by Crippen LogP contribution is -2.23. The van der Waals surface area contributed by atoms with Gasteiger partial charge in [0.2, 0.25) is 5.91 Å². The Bertz CT molecular complexity index is 1020. The number of amides is 2. The Labute approximate surface area is 174 Å². The summed E-state index contributed by atoms with van der Waals surface area (Å²) in [4.78, 5) is 25.5. The fourth-order valence-electron chi connectivity index (χ4n) is 2.73. The topological polar surface area (TPSA) is 62.6 Å². The van der Waals surface area contributed by atoms with Crippen molar-refractivity contribution in [3.8, 4) is 11.3 Å². The minimum absolute atomic E-state index is 0.146. The Kier molecular flexibility index (Phi) is 6.52. The molecular weight excluding hydrogens is 388 g/mol. The smallest absolute Gasteiger partial charge is 0.251 e. The molecule has 1 aromatic heterocycles. The fraction of sp³-hybridized carbons (Fsp3) is 0.130. The highest BCUT2D eigenvalue weighted by atomic mass is 35.5. The number of benzene rings is 2. The normalized spacial score (nSPS) is 10.9. The third-order valence-corrected chi connectivity index (χ3v) is 4.63. The van der Waals surface area contributed by atoms with Gasteiger partial charge < -0.3 is 14.6 Å². The highest BCUT2D eigenvalue weighted by Gasteiger charge is 2.10. The van der Waals surface area contributed by atoms with Crippen molar-refractivity contribution in [2.45, 2.75) is 6.54 Å². The first-order chi connectivity index (χ1) is 14.0. The molecule has 0 radical (unpaired) electrons. The number of furan rings is 1. The molecule has 0 aliphatic carbocycles. The first-order valence-corrected chi connectivity index (χ1v) is 9.44. The molecule has 0 fully saturated rings. The van der Waals surface area contributed by atoms with Crippen LogP contribution in [-0.4, -0.2) is 30.8 Å². The number of halogens is 1. The summed E-state index contributed by atoms with van der Waals surface area (Å²) < 4.78 is 5.84. The molecule has 0 spiro atoms.